The molecule has 0 radical (unpaired) electrons. The van der Waals surface area contributed by atoms with Crippen molar-refractivity contribution in [3.8, 4) is 5.75 Å². The molecule has 1 aliphatic rings. The number of aryl methyl sites for hydroxylation is 2. The molecule has 1 N–H and O–H groups in total. The Morgan fingerprint density at radius 1 is 1.19 bits per heavy atom. The molecule has 10 heteroatoms. The number of hydrogen-bond donors (Lipinski definition) is 1. The largest absolute Gasteiger partial charge is 0.479 e. The van der Waals surface area contributed by atoms with Crippen molar-refractivity contribution in [3.05, 3.63) is 60.4 Å². The summed E-state index contributed by atoms with van der Waals surface area (Å²) in [7, 11) is 0. The minimum Gasteiger partial charge on any atom is -0.479 e. The summed E-state index contributed by atoms with van der Waals surface area (Å²) in [6, 6.07) is 7.08. The molecule has 2 aromatic carbocycles. The first-order chi connectivity index (χ1) is 15.2. The Morgan fingerprint density at radius 2 is 1.81 bits per heavy atom. The van der Waals surface area contributed by atoms with Crippen molar-refractivity contribution in [1.29, 1.82) is 0 Å². The molecule has 0 spiro atoms. The van der Waals surface area contributed by atoms with Gasteiger partial charge in [0.25, 0.3) is 5.91 Å². The van der Waals surface area contributed by atoms with E-state index in [2.05, 4.69) is 26.2 Å². The molecule has 1 amide bonds. The zero-order chi connectivity index (χ0) is 23.4. The molecule has 2 aromatic rings. The molecule has 1 aliphatic heterocycles. The van der Waals surface area contributed by atoms with Crippen LogP contribution in [0.25, 0.3) is 6.08 Å². The van der Waals surface area contributed by atoms with Crippen molar-refractivity contribution in [3.63, 3.8) is 0 Å². The van der Waals surface area contributed by atoms with Crippen LogP contribution in [0.3, 0.4) is 0 Å². The van der Waals surface area contributed by atoms with Gasteiger partial charge >= 0.3 is 5.97 Å². The third-order valence-electron chi connectivity index (χ3n) is 4.26. The van der Waals surface area contributed by atoms with Crippen LogP contribution in [0.5, 0.6) is 5.75 Å². The SMILES string of the molecule is CCOC(=O)COc1c(Cl)cc(/C=C2\SC(=Nc3cc(C)c(Br)c(C)c3)NC2=O)cc1Cl. The summed E-state index contributed by atoms with van der Waals surface area (Å²) < 4.78 is 11.2. The molecule has 1 saturated heterocycles. The normalized spacial score (nSPS) is 15.9. The first-order valence-corrected chi connectivity index (χ1v) is 11.9. The number of aliphatic imine (C=N–C) groups is 1. The van der Waals surface area contributed by atoms with E-state index in [4.69, 9.17) is 32.7 Å². The average molecular weight is 558 g/mol. The monoisotopic (exact) mass is 556 g/mol. The molecule has 1 fully saturated rings. The number of nitrogens with zero attached hydrogens (tertiary/aromatic N) is 1. The van der Waals surface area contributed by atoms with Crippen LogP contribution in [0.2, 0.25) is 10.0 Å². The lowest BCUT2D eigenvalue weighted by atomic mass is 10.1. The first kappa shape index (κ1) is 24.6. The summed E-state index contributed by atoms with van der Waals surface area (Å²) in [5.41, 5.74) is 3.48. The van der Waals surface area contributed by atoms with Crippen LogP contribution in [0.15, 0.2) is 38.6 Å². The summed E-state index contributed by atoms with van der Waals surface area (Å²) in [6.07, 6.45) is 1.66. The van der Waals surface area contributed by atoms with Crippen LogP contribution in [0.1, 0.15) is 23.6 Å². The third-order valence-corrected chi connectivity index (χ3v) is 6.98. The highest BCUT2D eigenvalue weighted by atomic mass is 79.9. The van der Waals surface area contributed by atoms with Gasteiger partial charge in [0.2, 0.25) is 0 Å². The first-order valence-electron chi connectivity index (χ1n) is 9.51. The number of amidine groups is 1. The molecular formula is C22H19BrCl2N2O4S. The molecule has 0 unspecified atom stereocenters. The molecule has 0 saturated carbocycles. The molecule has 0 atom stereocenters. The fourth-order valence-corrected chi connectivity index (χ4v) is 4.56. The number of nitrogens with one attached hydrogen (secondary N) is 1. The Hall–Kier alpha value is -2.00. The van der Waals surface area contributed by atoms with Gasteiger partial charge < -0.3 is 14.8 Å². The maximum atomic E-state index is 12.4. The van der Waals surface area contributed by atoms with Gasteiger partial charge in [-0.2, -0.15) is 0 Å². The number of esters is 1. The summed E-state index contributed by atoms with van der Waals surface area (Å²) in [6.45, 7) is 5.62. The molecular weight excluding hydrogens is 539 g/mol. The van der Waals surface area contributed by atoms with Crippen molar-refractivity contribution in [1.82, 2.24) is 5.32 Å². The van der Waals surface area contributed by atoms with Gasteiger partial charge in [-0.25, -0.2) is 9.79 Å². The van der Waals surface area contributed by atoms with Gasteiger partial charge in [0, 0.05) is 4.47 Å². The molecule has 168 valence electrons. The highest BCUT2D eigenvalue weighted by molar-refractivity contribution is 9.10. The average Bonchev–Trinajstić information content (AvgIpc) is 3.04. The molecule has 6 nitrogen and oxygen atoms in total. The standard InChI is InChI=1S/C22H19BrCl2N2O4S/c1-4-30-18(28)10-31-20-15(24)7-13(8-16(20)25)9-17-21(29)27-22(32-17)26-14-5-11(2)19(23)12(3)6-14/h5-9H,4,10H2,1-3H3,(H,26,27,29)/b17-9-. The molecule has 0 aliphatic carbocycles. The van der Waals surface area contributed by atoms with E-state index in [-0.39, 0.29) is 34.9 Å². The minimum absolute atomic E-state index is 0.176. The smallest absolute Gasteiger partial charge is 0.344 e. The van der Waals surface area contributed by atoms with Crippen LogP contribution < -0.4 is 10.1 Å². The fraction of sp³-hybridized carbons (Fsp3) is 0.227. The van der Waals surface area contributed by atoms with Gasteiger partial charge in [-0.15, -0.1) is 0 Å². The Morgan fingerprint density at radius 3 is 2.41 bits per heavy atom. The second-order valence-electron chi connectivity index (χ2n) is 6.78. The minimum atomic E-state index is -0.521. The van der Waals surface area contributed by atoms with Crippen LogP contribution >= 0.6 is 50.9 Å². The van der Waals surface area contributed by atoms with Crippen molar-refractivity contribution in [2.75, 3.05) is 13.2 Å². The van der Waals surface area contributed by atoms with E-state index in [9.17, 15) is 9.59 Å². The highest BCUT2D eigenvalue weighted by Gasteiger charge is 2.24. The van der Waals surface area contributed by atoms with E-state index in [0.717, 1.165) is 21.3 Å². The Bertz CT molecular complexity index is 1100. The fourth-order valence-electron chi connectivity index (χ4n) is 2.87. The lowest BCUT2D eigenvalue weighted by molar-refractivity contribution is -0.145. The zero-order valence-electron chi connectivity index (χ0n) is 17.4. The van der Waals surface area contributed by atoms with Gasteiger partial charge in [-0.05, 0) is 79.6 Å². The third kappa shape index (κ3) is 6.07. The van der Waals surface area contributed by atoms with Gasteiger partial charge in [0.05, 0.1) is 27.2 Å². The predicted octanol–water partition coefficient (Wildman–Crippen LogP) is 6.21. The number of thioether (sulfide) groups is 1. The van der Waals surface area contributed by atoms with Gasteiger partial charge in [-0.3, -0.25) is 4.79 Å². The van der Waals surface area contributed by atoms with Crippen LogP contribution in [0, 0.1) is 13.8 Å². The van der Waals surface area contributed by atoms with E-state index < -0.39 is 5.97 Å². The Labute approximate surface area is 208 Å². The van der Waals surface area contributed by atoms with E-state index in [1.165, 1.54) is 11.8 Å². The summed E-state index contributed by atoms with van der Waals surface area (Å²) in [4.78, 5) is 28.9. The maximum absolute atomic E-state index is 12.4. The number of benzene rings is 2. The number of ether oxygens (including phenoxy) is 2. The van der Waals surface area contributed by atoms with Crippen molar-refractivity contribution in [2.45, 2.75) is 20.8 Å². The van der Waals surface area contributed by atoms with E-state index >= 15 is 0 Å². The van der Waals surface area contributed by atoms with E-state index in [1.807, 2.05) is 26.0 Å². The second-order valence-corrected chi connectivity index (χ2v) is 9.42. The second kappa shape index (κ2) is 10.7. The van der Waals surface area contributed by atoms with E-state index in [0.29, 0.717) is 15.6 Å². The number of amides is 1. The maximum Gasteiger partial charge on any atom is 0.344 e. The van der Waals surface area contributed by atoms with Crippen molar-refractivity contribution >= 4 is 79.7 Å². The van der Waals surface area contributed by atoms with Gasteiger partial charge in [-0.1, -0.05) is 39.1 Å². The molecule has 1 heterocycles. The molecule has 3 rings (SSSR count). The summed E-state index contributed by atoms with van der Waals surface area (Å²) in [5.74, 6) is -0.614. The lowest BCUT2D eigenvalue weighted by Gasteiger charge is -2.10. The summed E-state index contributed by atoms with van der Waals surface area (Å²) >= 11 is 17.3. The number of carbonyl (C=O) groups excluding carboxylic acids is 2. The molecule has 0 aromatic heterocycles. The lowest BCUT2D eigenvalue weighted by Crippen LogP contribution is -2.19. The zero-order valence-corrected chi connectivity index (χ0v) is 21.3. The quantitative estimate of drug-likeness (QED) is 0.337. The van der Waals surface area contributed by atoms with Crippen molar-refractivity contribution in [2.24, 2.45) is 4.99 Å². The van der Waals surface area contributed by atoms with Crippen LogP contribution in [-0.4, -0.2) is 30.3 Å². The number of rotatable bonds is 6. The molecule has 32 heavy (non-hydrogen) atoms. The van der Waals surface area contributed by atoms with Gasteiger partial charge in [0.15, 0.2) is 17.5 Å². The number of hydrogen-bond acceptors (Lipinski definition) is 6. The topological polar surface area (TPSA) is 77.0 Å². The van der Waals surface area contributed by atoms with E-state index in [1.54, 1.807) is 25.1 Å². The Balaban J connectivity index is 1.78. The van der Waals surface area contributed by atoms with Crippen LogP contribution in [0.4, 0.5) is 5.69 Å². The highest BCUT2D eigenvalue weighted by Crippen LogP contribution is 2.36. The number of halogens is 3. The molecule has 0 bridgehead atoms. The predicted molar refractivity (Wildman–Crippen MR) is 133 cm³/mol. The van der Waals surface area contributed by atoms with Crippen LogP contribution in [-0.2, 0) is 14.3 Å². The Kier molecular flexibility index (Phi) is 8.27. The number of carbonyl (C=O) groups is 2. The summed E-state index contributed by atoms with van der Waals surface area (Å²) in [5, 5.41) is 3.67. The van der Waals surface area contributed by atoms with Crippen molar-refractivity contribution < 1.29 is 19.1 Å². The van der Waals surface area contributed by atoms with Gasteiger partial charge in [0.1, 0.15) is 0 Å².